The van der Waals surface area contributed by atoms with Crippen molar-refractivity contribution in [1.29, 1.82) is 0 Å². The number of hydrogen-bond donors (Lipinski definition) is 1. The van der Waals surface area contributed by atoms with Crippen molar-refractivity contribution in [2.75, 3.05) is 6.61 Å². The molecular weight excluding hydrogens is 272 g/mol. The molecule has 7 heteroatoms. The highest BCUT2D eigenvalue weighted by Crippen LogP contribution is 2.12. The fraction of sp³-hybridized carbons (Fsp3) is 0.250. The Balaban J connectivity index is 1.90. The summed E-state index contributed by atoms with van der Waals surface area (Å²) in [6, 6.07) is 7.32. The third-order valence-corrected chi connectivity index (χ3v) is 2.49. The number of carboxylic acids is 1. The Morgan fingerprint density at radius 1 is 1.37 bits per heavy atom. The SMILES string of the molecule is O=C(O)COCc1nc(Cc2ccc(Cl)cc2)no1. The Bertz CT molecular complexity index is 553. The molecule has 100 valence electrons. The zero-order valence-corrected chi connectivity index (χ0v) is 10.6. The molecule has 1 heterocycles. The molecule has 0 fully saturated rings. The molecule has 0 amide bonds. The Labute approximate surface area is 114 Å². The minimum atomic E-state index is -1.04. The van der Waals surface area contributed by atoms with Gasteiger partial charge in [-0.2, -0.15) is 4.98 Å². The lowest BCUT2D eigenvalue weighted by Crippen LogP contribution is -2.06. The molecule has 0 bridgehead atoms. The molecular formula is C12H11ClN2O4. The number of carboxylic acid groups (broad SMARTS) is 1. The average Bonchev–Trinajstić information content (AvgIpc) is 2.79. The number of rotatable bonds is 6. The fourth-order valence-electron chi connectivity index (χ4n) is 1.43. The van der Waals surface area contributed by atoms with Crippen LogP contribution in [0.1, 0.15) is 17.3 Å². The maximum atomic E-state index is 10.3. The van der Waals surface area contributed by atoms with Gasteiger partial charge in [-0.15, -0.1) is 0 Å². The highest BCUT2D eigenvalue weighted by atomic mass is 35.5. The maximum Gasteiger partial charge on any atom is 0.329 e. The van der Waals surface area contributed by atoms with E-state index in [1.54, 1.807) is 12.1 Å². The minimum Gasteiger partial charge on any atom is -0.480 e. The Hall–Kier alpha value is -1.92. The molecule has 0 saturated heterocycles. The number of aliphatic carboxylic acids is 1. The van der Waals surface area contributed by atoms with Gasteiger partial charge in [-0.3, -0.25) is 0 Å². The lowest BCUT2D eigenvalue weighted by Gasteiger charge is -1.96. The summed E-state index contributed by atoms with van der Waals surface area (Å²) < 4.78 is 9.78. The first kappa shape index (κ1) is 13.5. The van der Waals surface area contributed by atoms with Crippen molar-refractivity contribution in [1.82, 2.24) is 10.1 Å². The molecule has 0 spiro atoms. The summed E-state index contributed by atoms with van der Waals surface area (Å²) in [5.74, 6) is -0.276. The van der Waals surface area contributed by atoms with Crippen LogP contribution in [0.4, 0.5) is 0 Å². The standard InChI is InChI=1S/C12H11ClN2O4/c13-9-3-1-8(2-4-9)5-10-14-11(19-15-10)6-18-7-12(16)17/h1-4H,5-7H2,(H,16,17). The largest absolute Gasteiger partial charge is 0.480 e. The topological polar surface area (TPSA) is 85.5 Å². The molecule has 1 N–H and O–H groups in total. The second kappa shape index (κ2) is 6.31. The van der Waals surface area contributed by atoms with Crippen LogP contribution in [0.25, 0.3) is 0 Å². The van der Waals surface area contributed by atoms with Gasteiger partial charge < -0.3 is 14.4 Å². The van der Waals surface area contributed by atoms with Crippen molar-refractivity contribution in [3.8, 4) is 0 Å². The highest BCUT2D eigenvalue weighted by molar-refractivity contribution is 6.30. The van der Waals surface area contributed by atoms with Crippen LogP contribution in [0.2, 0.25) is 5.02 Å². The molecule has 19 heavy (non-hydrogen) atoms. The smallest absolute Gasteiger partial charge is 0.329 e. The van der Waals surface area contributed by atoms with Crippen LogP contribution in [-0.2, 0) is 22.6 Å². The van der Waals surface area contributed by atoms with Crippen LogP contribution in [-0.4, -0.2) is 27.8 Å². The molecule has 0 aliphatic carbocycles. The van der Waals surface area contributed by atoms with E-state index in [1.165, 1.54) is 0 Å². The number of carbonyl (C=O) groups is 1. The van der Waals surface area contributed by atoms with Gasteiger partial charge in [-0.05, 0) is 17.7 Å². The van der Waals surface area contributed by atoms with Gasteiger partial charge in [0.05, 0.1) is 0 Å². The van der Waals surface area contributed by atoms with E-state index in [-0.39, 0.29) is 12.5 Å². The van der Waals surface area contributed by atoms with Crippen molar-refractivity contribution in [3.63, 3.8) is 0 Å². The summed E-state index contributed by atoms with van der Waals surface area (Å²) in [7, 11) is 0. The van der Waals surface area contributed by atoms with Crippen LogP contribution in [0, 0.1) is 0 Å². The average molecular weight is 283 g/mol. The van der Waals surface area contributed by atoms with Gasteiger partial charge in [0, 0.05) is 11.4 Å². The third-order valence-electron chi connectivity index (χ3n) is 2.24. The van der Waals surface area contributed by atoms with E-state index >= 15 is 0 Å². The van der Waals surface area contributed by atoms with E-state index in [0.29, 0.717) is 17.3 Å². The molecule has 0 aliphatic heterocycles. The predicted octanol–water partition coefficient (Wildman–Crippen LogP) is 1.91. The van der Waals surface area contributed by atoms with Crippen LogP contribution in [0.15, 0.2) is 28.8 Å². The van der Waals surface area contributed by atoms with Gasteiger partial charge in [-0.1, -0.05) is 28.9 Å². The van der Waals surface area contributed by atoms with Crippen molar-refractivity contribution in [2.45, 2.75) is 13.0 Å². The van der Waals surface area contributed by atoms with E-state index in [0.717, 1.165) is 5.56 Å². The van der Waals surface area contributed by atoms with E-state index in [1.807, 2.05) is 12.1 Å². The van der Waals surface area contributed by atoms with Gasteiger partial charge >= 0.3 is 5.97 Å². The summed E-state index contributed by atoms with van der Waals surface area (Å²) in [4.78, 5) is 14.4. The molecule has 1 aromatic heterocycles. The van der Waals surface area contributed by atoms with Gasteiger partial charge in [0.1, 0.15) is 13.2 Å². The van der Waals surface area contributed by atoms with Gasteiger partial charge in [0.25, 0.3) is 5.89 Å². The van der Waals surface area contributed by atoms with Gasteiger partial charge in [0.2, 0.25) is 0 Å². The highest BCUT2D eigenvalue weighted by Gasteiger charge is 2.08. The van der Waals surface area contributed by atoms with Gasteiger partial charge in [0.15, 0.2) is 5.82 Å². The zero-order chi connectivity index (χ0) is 13.7. The Morgan fingerprint density at radius 2 is 2.11 bits per heavy atom. The van der Waals surface area contributed by atoms with Crippen LogP contribution in [0.5, 0.6) is 0 Å². The molecule has 6 nitrogen and oxygen atoms in total. The van der Waals surface area contributed by atoms with Gasteiger partial charge in [-0.25, -0.2) is 4.79 Å². The quantitative estimate of drug-likeness (QED) is 0.871. The molecule has 2 aromatic rings. The number of aromatic nitrogens is 2. The third kappa shape index (κ3) is 4.35. The first-order valence-electron chi connectivity index (χ1n) is 5.49. The molecule has 1 aromatic carbocycles. The first-order valence-corrected chi connectivity index (χ1v) is 5.87. The lowest BCUT2D eigenvalue weighted by molar-refractivity contribution is -0.142. The summed E-state index contributed by atoms with van der Waals surface area (Å²) in [5, 5.41) is 12.9. The molecule has 0 unspecified atom stereocenters. The summed E-state index contributed by atoms with van der Waals surface area (Å²) in [6.45, 7) is -0.408. The monoisotopic (exact) mass is 282 g/mol. The second-order valence-corrected chi connectivity index (χ2v) is 4.23. The van der Waals surface area contributed by atoms with Crippen LogP contribution < -0.4 is 0 Å². The predicted molar refractivity (Wildman–Crippen MR) is 65.8 cm³/mol. The Kier molecular flexibility index (Phi) is 4.48. The number of halogens is 1. The Morgan fingerprint density at radius 3 is 2.79 bits per heavy atom. The van der Waals surface area contributed by atoms with E-state index in [2.05, 4.69) is 10.1 Å². The molecule has 2 rings (SSSR count). The lowest BCUT2D eigenvalue weighted by atomic mass is 10.1. The number of benzene rings is 1. The normalized spacial score (nSPS) is 10.6. The van der Waals surface area contributed by atoms with Crippen molar-refractivity contribution in [3.05, 3.63) is 46.6 Å². The van der Waals surface area contributed by atoms with Crippen molar-refractivity contribution < 1.29 is 19.2 Å². The maximum absolute atomic E-state index is 10.3. The molecule has 0 aliphatic rings. The molecule has 0 radical (unpaired) electrons. The van der Waals surface area contributed by atoms with E-state index < -0.39 is 12.6 Å². The van der Waals surface area contributed by atoms with E-state index in [4.69, 9.17) is 26.0 Å². The summed E-state index contributed by atoms with van der Waals surface area (Å²) >= 11 is 5.79. The summed E-state index contributed by atoms with van der Waals surface area (Å²) in [5.41, 5.74) is 1.00. The first-order chi connectivity index (χ1) is 9.13. The molecule has 0 atom stereocenters. The van der Waals surface area contributed by atoms with Crippen molar-refractivity contribution >= 4 is 17.6 Å². The number of ether oxygens (including phenoxy) is 1. The van der Waals surface area contributed by atoms with E-state index in [9.17, 15) is 4.79 Å². The number of nitrogens with zero attached hydrogens (tertiary/aromatic N) is 2. The van der Waals surface area contributed by atoms with Crippen molar-refractivity contribution in [2.24, 2.45) is 0 Å². The second-order valence-electron chi connectivity index (χ2n) is 3.79. The number of hydrogen-bond acceptors (Lipinski definition) is 5. The fourth-order valence-corrected chi connectivity index (χ4v) is 1.56. The summed E-state index contributed by atoms with van der Waals surface area (Å²) in [6.07, 6.45) is 0.513. The van der Waals surface area contributed by atoms with Crippen LogP contribution in [0.3, 0.4) is 0 Å². The zero-order valence-electron chi connectivity index (χ0n) is 9.88. The minimum absolute atomic E-state index is 0.0140. The van der Waals surface area contributed by atoms with Crippen LogP contribution >= 0.6 is 11.6 Å². The molecule has 0 saturated carbocycles.